The Hall–Kier alpha value is -2.36. The number of hydrogen-bond acceptors (Lipinski definition) is 5. The van der Waals surface area contributed by atoms with E-state index in [-0.39, 0.29) is 24.0 Å². The van der Waals surface area contributed by atoms with Crippen LogP contribution in [0.25, 0.3) is 0 Å². The summed E-state index contributed by atoms with van der Waals surface area (Å²) >= 11 is 0. The van der Waals surface area contributed by atoms with Crippen molar-refractivity contribution in [3.05, 3.63) is 48.0 Å². The second-order valence-corrected chi connectivity index (χ2v) is 5.53. The van der Waals surface area contributed by atoms with Crippen molar-refractivity contribution in [2.24, 2.45) is 4.99 Å². The summed E-state index contributed by atoms with van der Waals surface area (Å²) in [7, 11) is 6.55. The highest BCUT2D eigenvalue weighted by Gasteiger charge is 2.12. The Labute approximate surface area is 183 Å². The van der Waals surface area contributed by atoms with Crippen LogP contribution in [0.15, 0.2) is 47.5 Å². The molecule has 8 heteroatoms. The van der Waals surface area contributed by atoms with Crippen LogP contribution in [0.2, 0.25) is 0 Å². The topological polar surface area (TPSA) is 73.3 Å². The van der Waals surface area contributed by atoms with Gasteiger partial charge in [0.05, 0.1) is 27.9 Å². The molecule has 0 saturated carbocycles. The molecule has 2 rings (SSSR count). The standard InChI is InChI=1S/C20H27N3O4.HI/c1-21-20(22-10-11-27-16-8-6-5-7-9-16)23-14-15-12-18(25-3)19(26-4)13-17(15)24-2;/h5-9,12-13H,10-11,14H2,1-4H3,(H2,21,22,23);1H. The highest BCUT2D eigenvalue weighted by atomic mass is 127. The van der Waals surface area contributed by atoms with Gasteiger partial charge < -0.3 is 29.6 Å². The molecule has 0 heterocycles. The third-order valence-corrected chi connectivity index (χ3v) is 3.86. The third kappa shape index (κ3) is 6.99. The fourth-order valence-electron chi connectivity index (χ4n) is 2.49. The molecule has 2 N–H and O–H groups in total. The fourth-order valence-corrected chi connectivity index (χ4v) is 2.49. The molecule has 7 nitrogen and oxygen atoms in total. The number of nitrogens with zero attached hydrogens (tertiary/aromatic N) is 1. The van der Waals surface area contributed by atoms with E-state index in [9.17, 15) is 0 Å². The molecule has 0 fully saturated rings. The number of rotatable bonds is 9. The van der Waals surface area contributed by atoms with Crippen molar-refractivity contribution in [2.75, 3.05) is 41.5 Å². The van der Waals surface area contributed by atoms with E-state index in [1.165, 1.54) is 0 Å². The Kier molecular flexibility index (Phi) is 10.9. The number of ether oxygens (including phenoxy) is 4. The summed E-state index contributed by atoms with van der Waals surface area (Å²) in [5, 5.41) is 6.47. The van der Waals surface area contributed by atoms with Gasteiger partial charge in [0, 0.05) is 25.2 Å². The van der Waals surface area contributed by atoms with Gasteiger partial charge in [-0.15, -0.1) is 24.0 Å². The van der Waals surface area contributed by atoms with Crippen LogP contribution in [0, 0.1) is 0 Å². The minimum absolute atomic E-state index is 0. The van der Waals surface area contributed by atoms with Gasteiger partial charge in [-0.05, 0) is 18.2 Å². The highest BCUT2D eigenvalue weighted by molar-refractivity contribution is 14.0. The number of guanidine groups is 1. The van der Waals surface area contributed by atoms with Crippen LogP contribution in [0.1, 0.15) is 5.56 Å². The average Bonchev–Trinajstić information content (AvgIpc) is 2.73. The summed E-state index contributed by atoms with van der Waals surface area (Å²) in [5.74, 6) is 3.50. The lowest BCUT2D eigenvalue weighted by atomic mass is 10.1. The lowest BCUT2D eigenvalue weighted by Gasteiger charge is -2.16. The Bertz CT molecular complexity index is 742. The van der Waals surface area contributed by atoms with E-state index in [4.69, 9.17) is 18.9 Å². The van der Waals surface area contributed by atoms with Crippen LogP contribution in [-0.4, -0.2) is 47.5 Å². The van der Waals surface area contributed by atoms with E-state index in [0.717, 1.165) is 11.3 Å². The predicted octanol–water partition coefficient (Wildman–Crippen LogP) is 3.07. The monoisotopic (exact) mass is 501 g/mol. The molecule has 0 aliphatic heterocycles. The maximum Gasteiger partial charge on any atom is 0.191 e. The van der Waals surface area contributed by atoms with E-state index < -0.39 is 0 Å². The predicted molar refractivity (Wildman–Crippen MR) is 122 cm³/mol. The Morgan fingerprint density at radius 3 is 2.14 bits per heavy atom. The van der Waals surface area contributed by atoms with Gasteiger partial charge >= 0.3 is 0 Å². The number of halogens is 1. The molecular weight excluding hydrogens is 473 g/mol. The number of methoxy groups -OCH3 is 3. The van der Waals surface area contributed by atoms with Gasteiger partial charge in [-0.3, -0.25) is 4.99 Å². The molecule has 0 aromatic heterocycles. The maximum atomic E-state index is 5.66. The molecule has 0 atom stereocenters. The summed E-state index contributed by atoms with van der Waals surface area (Å²) in [6.07, 6.45) is 0. The zero-order valence-electron chi connectivity index (χ0n) is 16.7. The molecule has 0 amide bonds. The van der Waals surface area contributed by atoms with E-state index >= 15 is 0 Å². The fraction of sp³-hybridized carbons (Fsp3) is 0.350. The zero-order chi connectivity index (χ0) is 19.5. The number of nitrogens with one attached hydrogen (secondary N) is 2. The van der Waals surface area contributed by atoms with Crippen molar-refractivity contribution >= 4 is 29.9 Å². The molecule has 2 aromatic rings. The van der Waals surface area contributed by atoms with E-state index in [2.05, 4.69) is 15.6 Å². The van der Waals surface area contributed by atoms with Gasteiger partial charge in [0.25, 0.3) is 0 Å². The molecular formula is C20H28IN3O4. The first-order valence-electron chi connectivity index (χ1n) is 8.63. The lowest BCUT2D eigenvalue weighted by Crippen LogP contribution is -2.38. The van der Waals surface area contributed by atoms with E-state index in [1.807, 2.05) is 36.4 Å². The second kappa shape index (κ2) is 12.9. The number of hydrogen-bond donors (Lipinski definition) is 2. The summed E-state index contributed by atoms with van der Waals surface area (Å²) < 4.78 is 21.8. The van der Waals surface area contributed by atoms with E-state index in [0.29, 0.717) is 42.9 Å². The smallest absolute Gasteiger partial charge is 0.191 e. The number of para-hydroxylation sites is 1. The normalized spacial score (nSPS) is 10.5. The maximum absolute atomic E-state index is 5.66. The molecule has 0 aliphatic carbocycles. The summed E-state index contributed by atoms with van der Waals surface area (Å²) in [6.45, 7) is 1.67. The zero-order valence-corrected chi connectivity index (χ0v) is 19.0. The van der Waals surface area contributed by atoms with Crippen molar-refractivity contribution in [1.82, 2.24) is 10.6 Å². The minimum Gasteiger partial charge on any atom is -0.496 e. The van der Waals surface area contributed by atoms with Gasteiger partial charge in [-0.1, -0.05) is 18.2 Å². The van der Waals surface area contributed by atoms with Gasteiger partial charge in [-0.25, -0.2) is 0 Å². The first-order chi connectivity index (χ1) is 13.2. The quantitative estimate of drug-likeness (QED) is 0.238. The second-order valence-electron chi connectivity index (χ2n) is 5.53. The third-order valence-electron chi connectivity index (χ3n) is 3.86. The Morgan fingerprint density at radius 2 is 1.54 bits per heavy atom. The lowest BCUT2D eigenvalue weighted by molar-refractivity contribution is 0.322. The summed E-state index contributed by atoms with van der Waals surface area (Å²) in [5.41, 5.74) is 0.929. The molecule has 0 saturated heterocycles. The minimum atomic E-state index is 0. The van der Waals surface area contributed by atoms with Crippen molar-refractivity contribution in [3.8, 4) is 23.0 Å². The molecule has 154 valence electrons. The van der Waals surface area contributed by atoms with Crippen LogP contribution in [0.3, 0.4) is 0 Å². The Morgan fingerprint density at radius 1 is 0.893 bits per heavy atom. The van der Waals surface area contributed by atoms with E-state index in [1.54, 1.807) is 34.4 Å². The molecule has 28 heavy (non-hydrogen) atoms. The molecule has 0 aliphatic rings. The van der Waals surface area contributed by atoms with Crippen molar-refractivity contribution < 1.29 is 18.9 Å². The number of benzene rings is 2. The van der Waals surface area contributed by atoms with Crippen LogP contribution in [-0.2, 0) is 6.54 Å². The average molecular weight is 501 g/mol. The van der Waals surface area contributed by atoms with Gasteiger partial charge in [-0.2, -0.15) is 0 Å². The number of aliphatic imine (C=N–C) groups is 1. The molecule has 0 unspecified atom stereocenters. The van der Waals surface area contributed by atoms with Crippen LogP contribution in [0.5, 0.6) is 23.0 Å². The largest absolute Gasteiger partial charge is 0.496 e. The molecule has 2 aromatic carbocycles. The summed E-state index contributed by atoms with van der Waals surface area (Å²) in [6, 6.07) is 13.4. The van der Waals surface area contributed by atoms with Gasteiger partial charge in [0.2, 0.25) is 0 Å². The van der Waals surface area contributed by atoms with Gasteiger partial charge in [0.1, 0.15) is 18.1 Å². The molecule has 0 radical (unpaired) electrons. The highest BCUT2D eigenvalue weighted by Crippen LogP contribution is 2.34. The molecule has 0 spiro atoms. The SMILES string of the molecule is CN=C(NCCOc1ccccc1)NCc1cc(OC)c(OC)cc1OC.I. The van der Waals surface area contributed by atoms with Crippen molar-refractivity contribution in [2.45, 2.75) is 6.54 Å². The molecule has 0 bridgehead atoms. The van der Waals surface area contributed by atoms with Crippen LogP contribution >= 0.6 is 24.0 Å². The van der Waals surface area contributed by atoms with Crippen LogP contribution in [0.4, 0.5) is 0 Å². The summed E-state index contributed by atoms with van der Waals surface area (Å²) in [4.78, 5) is 4.22. The van der Waals surface area contributed by atoms with Crippen molar-refractivity contribution in [3.63, 3.8) is 0 Å². The first-order valence-corrected chi connectivity index (χ1v) is 8.63. The Balaban J connectivity index is 0.00000392. The first kappa shape index (κ1) is 23.7. The van der Waals surface area contributed by atoms with Crippen molar-refractivity contribution in [1.29, 1.82) is 0 Å². The van der Waals surface area contributed by atoms with Crippen LogP contribution < -0.4 is 29.6 Å². The van der Waals surface area contributed by atoms with Gasteiger partial charge in [0.15, 0.2) is 17.5 Å².